The Kier molecular flexibility index (Phi) is 4.76. The van der Waals surface area contributed by atoms with E-state index in [1.165, 1.54) is 6.92 Å². The molecule has 0 aliphatic heterocycles. The van der Waals surface area contributed by atoms with E-state index in [0.29, 0.717) is 31.4 Å². The number of carbonyl (C=O) groups excluding carboxylic acids is 3. The van der Waals surface area contributed by atoms with Crippen molar-refractivity contribution in [1.29, 1.82) is 5.41 Å². The standard InChI is InChI=1S/C22H31NO5/c1-12(25)28-11-22-8-5-13(23)9-17(22)14(10-24)20(27)19-15-3-4-18(26)21(15,2)7-6-16(19)22/h14-17,19,23-24H,3-11H2,1-2H3/t14-,15?,16?,17?,19?,21+,22+/m1/s1. The number of hydrogen-bond acceptors (Lipinski definition) is 6. The highest BCUT2D eigenvalue weighted by Gasteiger charge is 2.66. The number of rotatable bonds is 3. The molecule has 0 aromatic heterocycles. The van der Waals surface area contributed by atoms with Crippen LogP contribution >= 0.6 is 0 Å². The first kappa shape index (κ1) is 19.7. The number of ketones is 2. The molecule has 154 valence electrons. The van der Waals surface area contributed by atoms with Crippen LogP contribution in [0, 0.1) is 45.8 Å². The predicted molar refractivity (Wildman–Crippen MR) is 102 cm³/mol. The molecule has 4 unspecified atom stereocenters. The molecule has 0 heterocycles. The highest BCUT2D eigenvalue weighted by Crippen LogP contribution is 2.65. The number of ether oxygens (including phenoxy) is 1. The monoisotopic (exact) mass is 389 g/mol. The van der Waals surface area contributed by atoms with Crippen LogP contribution in [0.4, 0.5) is 0 Å². The molecule has 0 bridgehead atoms. The Morgan fingerprint density at radius 3 is 2.61 bits per heavy atom. The molecule has 6 heteroatoms. The van der Waals surface area contributed by atoms with Crippen molar-refractivity contribution in [2.24, 2.45) is 40.4 Å². The molecule has 4 saturated carbocycles. The number of hydrogen-bond donors (Lipinski definition) is 2. The van der Waals surface area contributed by atoms with Crippen LogP contribution in [0.5, 0.6) is 0 Å². The number of esters is 1. The molecule has 0 aromatic carbocycles. The van der Waals surface area contributed by atoms with Crippen LogP contribution in [0.3, 0.4) is 0 Å². The van der Waals surface area contributed by atoms with E-state index in [9.17, 15) is 19.5 Å². The Morgan fingerprint density at radius 1 is 1.18 bits per heavy atom. The van der Waals surface area contributed by atoms with Crippen LogP contribution in [0.25, 0.3) is 0 Å². The Labute approximate surface area is 165 Å². The topological polar surface area (TPSA) is 105 Å². The van der Waals surface area contributed by atoms with E-state index in [2.05, 4.69) is 0 Å². The average molecular weight is 389 g/mol. The third-order valence-electron chi connectivity index (χ3n) is 8.74. The summed E-state index contributed by atoms with van der Waals surface area (Å²) in [6, 6.07) is 0. The van der Waals surface area contributed by atoms with Gasteiger partial charge in [-0.25, -0.2) is 0 Å². The highest BCUT2D eigenvalue weighted by atomic mass is 16.5. The summed E-state index contributed by atoms with van der Waals surface area (Å²) >= 11 is 0. The van der Waals surface area contributed by atoms with E-state index >= 15 is 0 Å². The Balaban J connectivity index is 1.79. The first-order valence-corrected chi connectivity index (χ1v) is 10.6. The van der Waals surface area contributed by atoms with Crippen molar-refractivity contribution >= 4 is 23.2 Å². The molecule has 0 radical (unpaired) electrons. The van der Waals surface area contributed by atoms with Crippen molar-refractivity contribution in [2.75, 3.05) is 13.2 Å². The first-order valence-electron chi connectivity index (χ1n) is 10.6. The molecule has 4 fully saturated rings. The van der Waals surface area contributed by atoms with Gasteiger partial charge in [-0.15, -0.1) is 0 Å². The van der Waals surface area contributed by atoms with Gasteiger partial charge in [-0.3, -0.25) is 14.4 Å². The van der Waals surface area contributed by atoms with Gasteiger partial charge in [-0.05, 0) is 56.3 Å². The normalized spacial score (nSPS) is 45.2. The van der Waals surface area contributed by atoms with Crippen LogP contribution < -0.4 is 0 Å². The van der Waals surface area contributed by atoms with Gasteiger partial charge in [0.1, 0.15) is 11.6 Å². The van der Waals surface area contributed by atoms with E-state index < -0.39 is 11.3 Å². The van der Waals surface area contributed by atoms with Gasteiger partial charge >= 0.3 is 5.97 Å². The zero-order valence-electron chi connectivity index (χ0n) is 16.8. The largest absolute Gasteiger partial charge is 0.465 e. The number of carbonyl (C=O) groups is 3. The van der Waals surface area contributed by atoms with Crippen molar-refractivity contribution in [3.8, 4) is 0 Å². The summed E-state index contributed by atoms with van der Waals surface area (Å²) < 4.78 is 5.54. The molecule has 7 atom stereocenters. The zero-order chi connectivity index (χ0) is 20.3. The fourth-order valence-corrected chi connectivity index (χ4v) is 7.28. The lowest BCUT2D eigenvalue weighted by atomic mass is 9.42. The zero-order valence-corrected chi connectivity index (χ0v) is 16.8. The van der Waals surface area contributed by atoms with Gasteiger partial charge in [0.05, 0.1) is 13.2 Å². The number of fused-ring (bicyclic) bond motifs is 5. The predicted octanol–water partition coefficient (Wildman–Crippen LogP) is 2.56. The van der Waals surface area contributed by atoms with E-state index in [0.717, 1.165) is 19.3 Å². The highest BCUT2D eigenvalue weighted by molar-refractivity contribution is 5.92. The van der Waals surface area contributed by atoms with E-state index in [-0.39, 0.29) is 59.8 Å². The fraction of sp³-hybridized carbons (Fsp3) is 0.818. The second-order valence-corrected chi connectivity index (χ2v) is 9.78. The summed E-state index contributed by atoms with van der Waals surface area (Å²) in [5.41, 5.74) is -0.201. The SMILES string of the molecule is CC(=O)OC[C@]12CCC(=N)CC1[C@@H](CO)C(=O)C1C2CC[C@]2(C)C(=O)CCC12. The quantitative estimate of drug-likeness (QED) is 0.722. The molecule has 2 N–H and O–H groups in total. The minimum atomic E-state index is -0.532. The van der Waals surface area contributed by atoms with E-state index in [1.807, 2.05) is 6.92 Å². The molecular weight excluding hydrogens is 358 g/mol. The van der Waals surface area contributed by atoms with Gasteiger partial charge in [0.2, 0.25) is 0 Å². The molecular formula is C22H31NO5. The minimum absolute atomic E-state index is 0.0248. The molecule has 0 amide bonds. The molecule has 0 saturated heterocycles. The number of Topliss-reactive ketones (excluding diaryl/α,β-unsaturated/α-hetero) is 2. The van der Waals surface area contributed by atoms with Gasteiger partial charge in [-0.2, -0.15) is 0 Å². The van der Waals surface area contributed by atoms with Gasteiger partial charge in [0, 0.05) is 41.7 Å². The van der Waals surface area contributed by atoms with Crippen molar-refractivity contribution in [1.82, 2.24) is 0 Å². The van der Waals surface area contributed by atoms with E-state index in [1.54, 1.807) is 0 Å². The van der Waals surface area contributed by atoms with Gasteiger partial charge in [0.25, 0.3) is 0 Å². The summed E-state index contributed by atoms with van der Waals surface area (Å²) in [5, 5.41) is 18.4. The second kappa shape index (κ2) is 6.75. The van der Waals surface area contributed by atoms with Crippen molar-refractivity contribution in [3.63, 3.8) is 0 Å². The lowest BCUT2D eigenvalue weighted by molar-refractivity contribution is -0.181. The summed E-state index contributed by atoms with van der Waals surface area (Å²) in [6.07, 6.45) is 4.68. The molecule has 0 spiro atoms. The molecule has 6 nitrogen and oxygen atoms in total. The molecule has 4 rings (SSSR count). The third kappa shape index (κ3) is 2.63. The van der Waals surface area contributed by atoms with Crippen LogP contribution in [0.15, 0.2) is 0 Å². The summed E-state index contributed by atoms with van der Waals surface area (Å²) in [6.45, 7) is 3.44. The van der Waals surface area contributed by atoms with Crippen LogP contribution in [-0.2, 0) is 19.1 Å². The smallest absolute Gasteiger partial charge is 0.302 e. The Bertz CT molecular complexity index is 732. The average Bonchev–Trinajstić information content (AvgIpc) is 2.96. The summed E-state index contributed by atoms with van der Waals surface area (Å²) in [5.74, 6) is -0.840. The van der Waals surface area contributed by atoms with Crippen molar-refractivity contribution in [2.45, 2.75) is 58.8 Å². The lowest BCUT2D eigenvalue weighted by Crippen LogP contribution is -2.63. The second-order valence-electron chi connectivity index (χ2n) is 9.78. The van der Waals surface area contributed by atoms with Crippen LogP contribution in [0.2, 0.25) is 0 Å². The Hall–Kier alpha value is -1.56. The van der Waals surface area contributed by atoms with Crippen LogP contribution in [0.1, 0.15) is 58.8 Å². The number of nitrogens with one attached hydrogen (secondary N) is 1. The van der Waals surface area contributed by atoms with Gasteiger partial charge in [0.15, 0.2) is 0 Å². The molecule has 28 heavy (non-hydrogen) atoms. The summed E-state index contributed by atoms with van der Waals surface area (Å²) in [4.78, 5) is 37.8. The van der Waals surface area contributed by atoms with Crippen molar-refractivity contribution in [3.05, 3.63) is 0 Å². The maximum absolute atomic E-state index is 13.6. The number of aliphatic hydroxyl groups is 1. The molecule has 4 aliphatic rings. The fourth-order valence-electron chi connectivity index (χ4n) is 7.28. The lowest BCUT2D eigenvalue weighted by Gasteiger charge is -2.61. The van der Waals surface area contributed by atoms with Crippen LogP contribution in [-0.4, -0.2) is 41.6 Å². The maximum atomic E-state index is 13.6. The van der Waals surface area contributed by atoms with E-state index in [4.69, 9.17) is 10.1 Å². The minimum Gasteiger partial charge on any atom is -0.465 e. The van der Waals surface area contributed by atoms with Crippen molar-refractivity contribution < 1.29 is 24.2 Å². The first-order chi connectivity index (χ1) is 13.2. The maximum Gasteiger partial charge on any atom is 0.302 e. The molecule has 0 aromatic rings. The van der Waals surface area contributed by atoms with Gasteiger partial charge in [-0.1, -0.05) is 6.92 Å². The number of aliphatic hydroxyl groups excluding tert-OH is 1. The Morgan fingerprint density at radius 2 is 1.93 bits per heavy atom. The third-order valence-corrected chi connectivity index (χ3v) is 8.74. The molecule has 4 aliphatic carbocycles. The van der Waals surface area contributed by atoms with Gasteiger partial charge < -0.3 is 15.3 Å². The summed E-state index contributed by atoms with van der Waals surface area (Å²) in [7, 11) is 0.